The van der Waals surface area contributed by atoms with E-state index in [1.165, 1.54) is 205 Å². The van der Waals surface area contributed by atoms with Crippen LogP contribution in [0.5, 0.6) is 0 Å². The zero-order valence-corrected chi connectivity index (χ0v) is 66.9. The van der Waals surface area contributed by atoms with Gasteiger partial charge in [-0.1, -0.05) is 357 Å². The summed E-state index contributed by atoms with van der Waals surface area (Å²) in [6.45, 7) is 14.2. The summed E-state index contributed by atoms with van der Waals surface area (Å²) in [5, 5.41) is 10.6. The quantitative estimate of drug-likeness (QED) is 0.0222. The van der Waals surface area contributed by atoms with Crippen LogP contribution in [-0.4, -0.2) is 96.7 Å². The van der Waals surface area contributed by atoms with Gasteiger partial charge < -0.3 is 33.8 Å². The first kappa shape index (κ1) is 97.1. The Kier molecular flexibility index (Phi) is 67.8. The van der Waals surface area contributed by atoms with Crippen molar-refractivity contribution >= 4 is 39.5 Å². The number of ether oxygens (including phenoxy) is 4. The topological polar surface area (TPSA) is 237 Å². The lowest BCUT2D eigenvalue weighted by atomic mass is 9.99. The third-order valence-corrected chi connectivity index (χ3v) is 20.8. The van der Waals surface area contributed by atoms with Crippen molar-refractivity contribution in [1.82, 2.24) is 0 Å². The third-order valence-electron chi connectivity index (χ3n) is 18.9. The summed E-state index contributed by atoms with van der Waals surface area (Å²) in [6.07, 6.45) is 55.8. The number of aliphatic hydroxyl groups excluding tert-OH is 1. The number of hydrogen-bond donors (Lipinski definition) is 3. The van der Waals surface area contributed by atoms with Gasteiger partial charge in [-0.05, 0) is 49.4 Å². The van der Waals surface area contributed by atoms with E-state index in [0.29, 0.717) is 31.6 Å². The van der Waals surface area contributed by atoms with E-state index in [1.807, 2.05) is 0 Å². The fraction of sp³-hybridized carbons (Fsp3) is 0.950. The first-order chi connectivity index (χ1) is 47.6. The van der Waals surface area contributed by atoms with Crippen LogP contribution < -0.4 is 0 Å². The van der Waals surface area contributed by atoms with Gasteiger partial charge >= 0.3 is 39.5 Å². The minimum atomic E-state index is -4.96. The Morgan fingerprint density at radius 3 is 0.717 bits per heavy atom. The molecule has 0 aromatic carbocycles. The molecule has 99 heavy (non-hydrogen) atoms. The summed E-state index contributed by atoms with van der Waals surface area (Å²) in [5.74, 6) is 0.946. The number of rotatable bonds is 77. The van der Waals surface area contributed by atoms with Crippen LogP contribution in [0, 0.1) is 23.7 Å². The number of hydrogen-bond acceptors (Lipinski definition) is 15. The van der Waals surface area contributed by atoms with Gasteiger partial charge in [0, 0.05) is 25.7 Å². The van der Waals surface area contributed by atoms with Gasteiger partial charge in [0.15, 0.2) is 12.2 Å². The smallest absolute Gasteiger partial charge is 0.462 e. The maximum absolute atomic E-state index is 13.1. The molecule has 17 nitrogen and oxygen atoms in total. The predicted molar refractivity (Wildman–Crippen MR) is 404 cm³/mol. The molecule has 6 atom stereocenters. The van der Waals surface area contributed by atoms with E-state index < -0.39 is 97.5 Å². The highest BCUT2D eigenvalue weighted by Crippen LogP contribution is 2.45. The van der Waals surface area contributed by atoms with Gasteiger partial charge in [0.25, 0.3) is 0 Å². The molecule has 0 aromatic heterocycles. The molecule has 0 rings (SSSR count). The van der Waals surface area contributed by atoms with Crippen molar-refractivity contribution in [2.24, 2.45) is 23.7 Å². The molecule has 0 amide bonds. The molecule has 3 N–H and O–H groups in total. The van der Waals surface area contributed by atoms with Crippen molar-refractivity contribution < 1.29 is 80.2 Å². The number of aliphatic hydroxyl groups is 1. The second kappa shape index (κ2) is 69.1. The fourth-order valence-corrected chi connectivity index (χ4v) is 13.8. The summed E-state index contributed by atoms with van der Waals surface area (Å²) in [6, 6.07) is 0. The summed E-state index contributed by atoms with van der Waals surface area (Å²) in [5.41, 5.74) is 0. The summed E-state index contributed by atoms with van der Waals surface area (Å²) in [7, 11) is -9.92. The molecule has 19 heteroatoms. The van der Waals surface area contributed by atoms with Crippen molar-refractivity contribution in [1.29, 1.82) is 0 Å². The van der Waals surface area contributed by atoms with E-state index >= 15 is 0 Å². The monoisotopic (exact) mass is 1450 g/mol. The summed E-state index contributed by atoms with van der Waals surface area (Å²) in [4.78, 5) is 72.9. The maximum Gasteiger partial charge on any atom is 0.472 e. The van der Waals surface area contributed by atoms with Crippen LogP contribution >= 0.6 is 15.6 Å². The van der Waals surface area contributed by atoms with Gasteiger partial charge in [-0.3, -0.25) is 37.3 Å². The van der Waals surface area contributed by atoms with E-state index in [-0.39, 0.29) is 25.7 Å². The zero-order chi connectivity index (χ0) is 73.1. The molecule has 0 spiro atoms. The van der Waals surface area contributed by atoms with Gasteiger partial charge in [0.1, 0.15) is 19.3 Å². The van der Waals surface area contributed by atoms with Crippen LogP contribution in [0.2, 0.25) is 0 Å². The number of carbonyl (C=O) groups excluding carboxylic acids is 4. The first-order valence-electron chi connectivity index (χ1n) is 41.2. The molecule has 3 unspecified atom stereocenters. The Labute approximate surface area is 607 Å². The highest BCUT2D eigenvalue weighted by atomic mass is 31.2. The van der Waals surface area contributed by atoms with E-state index in [9.17, 15) is 43.2 Å². The molecule has 0 saturated carbocycles. The van der Waals surface area contributed by atoms with Crippen molar-refractivity contribution in [3.8, 4) is 0 Å². The third kappa shape index (κ3) is 72.8. The van der Waals surface area contributed by atoms with Crippen LogP contribution in [0.4, 0.5) is 0 Å². The molecule has 0 aliphatic carbocycles. The van der Waals surface area contributed by atoms with Crippen LogP contribution in [0.3, 0.4) is 0 Å². The number of carbonyl (C=O) groups is 4. The Morgan fingerprint density at radius 2 is 0.485 bits per heavy atom. The molecule has 588 valence electrons. The van der Waals surface area contributed by atoms with Crippen LogP contribution in [0.1, 0.15) is 409 Å². The average Bonchev–Trinajstić information content (AvgIpc) is 1.18. The Balaban J connectivity index is 5.18. The number of esters is 4. The van der Waals surface area contributed by atoms with E-state index in [4.69, 9.17) is 37.0 Å². The van der Waals surface area contributed by atoms with Crippen LogP contribution in [0.15, 0.2) is 0 Å². The highest BCUT2D eigenvalue weighted by molar-refractivity contribution is 7.47. The standard InChI is InChI=1S/C80H156O17P2/c1-9-73(8)59-51-43-34-27-23-19-14-12-10-11-13-15-20-24-28-35-44-52-60-77(82)90-66-75(96-79(84)62-54-46-36-29-25-21-17-16-18-22-26-32-40-48-56-70(2)3)68-94-98(86,87)92-64-74(81)65-93-99(88,89)95-69-76(67-91-78(83)61-53-45-39-38-42-50-58-72(6)7)97-80(85)63-55-47-37-31-30-33-41-49-57-71(4)5/h70-76,81H,9-69H2,1-8H3,(H,86,87)(H,88,89)/t73?,74-,75-,76-/m1/s1. The molecule has 0 saturated heterocycles. The van der Waals surface area contributed by atoms with Crippen molar-refractivity contribution in [3.63, 3.8) is 0 Å². The van der Waals surface area contributed by atoms with E-state index in [2.05, 4.69) is 55.4 Å². The molecule has 0 fully saturated rings. The lowest BCUT2D eigenvalue weighted by Gasteiger charge is -2.21. The summed E-state index contributed by atoms with van der Waals surface area (Å²) < 4.78 is 68.6. The average molecular weight is 1450 g/mol. The van der Waals surface area contributed by atoms with Gasteiger partial charge in [-0.15, -0.1) is 0 Å². The maximum atomic E-state index is 13.1. The molecule has 0 heterocycles. The first-order valence-corrected chi connectivity index (χ1v) is 44.2. The molecule has 0 radical (unpaired) electrons. The lowest BCUT2D eigenvalue weighted by Crippen LogP contribution is -2.30. The van der Waals surface area contributed by atoms with Crippen LogP contribution in [0.25, 0.3) is 0 Å². The van der Waals surface area contributed by atoms with Crippen LogP contribution in [-0.2, 0) is 65.4 Å². The number of phosphoric acid groups is 2. The molecular formula is C80H156O17P2. The Hall–Kier alpha value is -1.94. The Bertz CT molecular complexity index is 1940. The van der Waals surface area contributed by atoms with E-state index in [1.54, 1.807) is 0 Å². The predicted octanol–water partition coefficient (Wildman–Crippen LogP) is 23.6. The van der Waals surface area contributed by atoms with Gasteiger partial charge in [0.2, 0.25) is 0 Å². The molecule has 0 aromatic rings. The van der Waals surface area contributed by atoms with E-state index in [0.717, 1.165) is 114 Å². The highest BCUT2D eigenvalue weighted by Gasteiger charge is 2.30. The SMILES string of the molecule is CCC(C)CCCCCCCCCCCCCCCCCCCCC(=O)OC[C@H](COP(=O)(O)OC[C@@H](O)COP(=O)(O)OC[C@@H](COC(=O)CCCCCCCCC(C)C)OC(=O)CCCCCCCCCCC(C)C)OC(=O)CCCCCCCCCCCCCCCCC(C)C. The second-order valence-electron chi connectivity index (χ2n) is 30.5. The minimum Gasteiger partial charge on any atom is -0.462 e. The lowest BCUT2D eigenvalue weighted by molar-refractivity contribution is -0.161. The summed E-state index contributed by atoms with van der Waals surface area (Å²) >= 11 is 0. The minimum absolute atomic E-state index is 0.103. The number of unbranched alkanes of at least 4 members (excludes halogenated alkanes) is 42. The fourth-order valence-electron chi connectivity index (χ4n) is 12.2. The normalized spacial score (nSPS) is 14.3. The van der Waals surface area contributed by atoms with Gasteiger partial charge in [-0.25, -0.2) is 9.13 Å². The molecular weight excluding hydrogens is 1290 g/mol. The van der Waals surface area contributed by atoms with Gasteiger partial charge in [-0.2, -0.15) is 0 Å². The van der Waals surface area contributed by atoms with Crippen molar-refractivity contribution in [3.05, 3.63) is 0 Å². The van der Waals surface area contributed by atoms with Crippen molar-refractivity contribution in [2.45, 2.75) is 427 Å². The molecule has 0 aliphatic rings. The second-order valence-corrected chi connectivity index (χ2v) is 33.4. The van der Waals surface area contributed by atoms with Crippen molar-refractivity contribution in [2.75, 3.05) is 39.6 Å². The number of phosphoric ester groups is 2. The Morgan fingerprint density at radius 1 is 0.283 bits per heavy atom. The largest absolute Gasteiger partial charge is 0.472 e. The van der Waals surface area contributed by atoms with Gasteiger partial charge in [0.05, 0.1) is 26.4 Å². The molecule has 0 aliphatic heterocycles. The molecule has 0 bridgehead atoms. The zero-order valence-electron chi connectivity index (χ0n) is 65.1.